The summed E-state index contributed by atoms with van der Waals surface area (Å²) in [6, 6.07) is 0. The minimum Gasteiger partial charge on any atom is -0.481 e. The van der Waals surface area contributed by atoms with Crippen molar-refractivity contribution in [2.75, 3.05) is 7.11 Å². The number of carbonyl (C=O) groups is 1. The first-order chi connectivity index (χ1) is 7.13. The van der Waals surface area contributed by atoms with E-state index in [0.717, 1.165) is 0 Å². The van der Waals surface area contributed by atoms with E-state index < -0.39 is 11.9 Å². The Balaban J connectivity index is 2.02. The lowest BCUT2D eigenvalue weighted by Crippen LogP contribution is -2.34. The summed E-state index contributed by atoms with van der Waals surface area (Å²) < 4.78 is 11.0. The maximum atomic E-state index is 11.1. The van der Waals surface area contributed by atoms with Gasteiger partial charge in [0.2, 0.25) is 0 Å². The van der Waals surface area contributed by atoms with Crippen molar-refractivity contribution in [2.24, 2.45) is 11.8 Å². The minimum absolute atomic E-state index is 0.144. The smallest absolute Gasteiger partial charge is 0.309 e. The van der Waals surface area contributed by atoms with Crippen molar-refractivity contribution in [3.63, 3.8) is 0 Å². The zero-order valence-electron chi connectivity index (χ0n) is 9.18. The maximum Gasteiger partial charge on any atom is 0.309 e. The van der Waals surface area contributed by atoms with Gasteiger partial charge in [-0.1, -0.05) is 0 Å². The van der Waals surface area contributed by atoms with Gasteiger partial charge >= 0.3 is 5.97 Å². The molecule has 0 radical (unpaired) electrons. The molecular formula is C11H18O4. The third-order valence-corrected chi connectivity index (χ3v) is 3.51. The molecule has 4 nitrogen and oxygen atoms in total. The molecule has 15 heavy (non-hydrogen) atoms. The number of carboxylic acids is 1. The van der Waals surface area contributed by atoms with Crippen LogP contribution in [0.3, 0.4) is 0 Å². The molecule has 1 saturated carbocycles. The van der Waals surface area contributed by atoms with E-state index in [1.165, 1.54) is 12.8 Å². The number of hydrogen-bond acceptors (Lipinski definition) is 3. The molecule has 0 amide bonds. The van der Waals surface area contributed by atoms with Gasteiger partial charge in [0.1, 0.15) is 0 Å². The van der Waals surface area contributed by atoms with Crippen LogP contribution in [0.1, 0.15) is 26.2 Å². The van der Waals surface area contributed by atoms with E-state index in [1.54, 1.807) is 7.11 Å². The lowest BCUT2D eigenvalue weighted by molar-refractivity contribution is -0.146. The molecule has 0 aromatic rings. The van der Waals surface area contributed by atoms with E-state index in [-0.39, 0.29) is 18.3 Å². The molecule has 2 rings (SSSR count). The zero-order valence-corrected chi connectivity index (χ0v) is 9.18. The molecule has 1 aliphatic carbocycles. The maximum absolute atomic E-state index is 11.1. The largest absolute Gasteiger partial charge is 0.481 e. The Hall–Kier alpha value is -0.610. The van der Waals surface area contributed by atoms with Crippen molar-refractivity contribution in [3.8, 4) is 0 Å². The van der Waals surface area contributed by atoms with E-state index in [2.05, 4.69) is 0 Å². The summed E-state index contributed by atoms with van der Waals surface area (Å²) in [5.41, 5.74) is 0. The Labute approximate surface area is 89.6 Å². The monoisotopic (exact) mass is 214 g/mol. The second-order valence-corrected chi connectivity index (χ2v) is 4.60. The van der Waals surface area contributed by atoms with E-state index >= 15 is 0 Å². The zero-order chi connectivity index (χ0) is 11.0. The highest BCUT2D eigenvalue weighted by Crippen LogP contribution is 2.43. The second kappa shape index (κ2) is 4.10. The summed E-state index contributed by atoms with van der Waals surface area (Å²) in [5, 5.41) is 9.11. The second-order valence-electron chi connectivity index (χ2n) is 4.60. The fraction of sp³-hybridized carbons (Fsp3) is 0.909. The van der Waals surface area contributed by atoms with E-state index in [1.807, 2.05) is 6.92 Å². The Morgan fingerprint density at radius 2 is 2.20 bits per heavy atom. The van der Waals surface area contributed by atoms with Gasteiger partial charge in [0.05, 0.1) is 24.2 Å². The first-order valence-electron chi connectivity index (χ1n) is 5.54. The molecule has 2 fully saturated rings. The Morgan fingerprint density at radius 3 is 2.67 bits per heavy atom. The van der Waals surface area contributed by atoms with E-state index in [4.69, 9.17) is 14.6 Å². The van der Waals surface area contributed by atoms with Gasteiger partial charge in [-0.3, -0.25) is 4.79 Å². The van der Waals surface area contributed by atoms with Crippen molar-refractivity contribution >= 4 is 5.97 Å². The molecule has 4 atom stereocenters. The quantitative estimate of drug-likeness (QED) is 0.766. The minimum atomic E-state index is -0.757. The fourth-order valence-electron chi connectivity index (χ4n) is 2.32. The Bertz CT molecular complexity index is 249. The van der Waals surface area contributed by atoms with Crippen LogP contribution in [-0.2, 0) is 14.3 Å². The van der Waals surface area contributed by atoms with Crippen LogP contribution >= 0.6 is 0 Å². The van der Waals surface area contributed by atoms with Crippen LogP contribution in [0.25, 0.3) is 0 Å². The standard InChI is InChI=1S/C11H18O4/c1-6(14-2)10-8(11(12)13)5-9(15-10)7-3-4-7/h6-10H,3-5H2,1-2H3,(H,12,13). The summed E-state index contributed by atoms with van der Waals surface area (Å²) >= 11 is 0. The molecule has 0 bridgehead atoms. The van der Waals surface area contributed by atoms with Crippen LogP contribution in [-0.4, -0.2) is 36.5 Å². The average Bonchev–Trinajstić information content (AvgIpc) is 2.96. The van der Waals surface area contributed by atoms with Crippen LogP contribution in [0.2, 0.25) is 0 Å². The first kappa shape index (κ1) is 10.9. The third-order valence-electron chi connectivity index (χ3n) is 3.51. The normalized spacial score (nSPS) is 37.9. The topological polar surface area (TPSA) is 55.8 Å². The fourth-order valence-corrected chi connectivity index (χ4v) is 2.32. The SMILES string of the molecule is COC(C)C1OC(C2CC2)CC1C(=O)O. The summed E-state index contributed by atoms with van der Waals surface area (Å²) in [5.74, 6) is -0.557. The van der Waals surface area contributed by atoms with Crippen LogP contribution in [0.4, 0.5) is 0 Å². The molecule has 4 unspecified atom stereocenters. The summed E-state index contributed by atoms with van der Waals surface area (Å²) in [6.07, 6.45) is 2.75. The molecule has 1 aliphatic heterocycles. The predicted molar refractivity (Wildman–Crippen MR) is 53.6 cm³/mol. The molecule has 4 heteroatoms. The van der Waals surface area contributed by atoms with Gasteiger partial charge in [0, 0.05) is 7.11 Å². The number of methoxy groups -OCH3 is 1. The summed E-state index contributed by atoms with van der Waals surface area (Å²) in [6.45, 7) is 1.87. The highest BCUT2D eigenvalue weighted by atomic mass is 16.5. The lowest BCUT2D eigenvalue weighted by Gasteiger charge is -2.21. The summed E-state index contributed by atoms with van der Waals surface area (Å²) in [4.78, 5) is 11.1. The van der Waals surface area contributed by atoms with Gasteiger partial charge in [0.25, 0.3) is 0 Å². The molecule has 0 spiro atoms. The highest BCUT2D eigenvalue weighted by Gasteiger charge is 2.47. The highest BCUT2D eigenvalue weighted by molar-refractivity contribution is 5.71. The van der Waals surface area contributed by atoms with Crippen LogP contribution in [0, 0.1) is 11.8 Å². The lowest BCUT2D eigenvalue weighted by atomic mass is 9.95. The van der Waals surface area contributed by atoms with E-state index in [0.29, 0.717) is 12.3 Å². The number of carboxylic acid groups (broad SMARTS) is 1. The van der Waals surface area contributed by atoms with Crippen molar-refractivity contribution in [2.45, 2.75) is 44.5 Å². The van der Waals surface area contributed by atoms with Crippen molar-refractivity contribution < 1.29 is 19.4 Å². The van der Waals surface area contributed by atoms with Gasteiger partial charge in [-0.15, -0.1) is 0 Å². The third kappa shape index (κ3) is 2.16. The predicted octanol–water partition coefficient (Wildman–Crippen LogP) is 1.29. The summed E-state index contributed by atoms with van der Waals surface area (Å²) in [7, 11) is 1.59. The van der Waals surface area contributed by atoms with Crippen LogP contribution in [0.15, 0.2) is 0 Å². The van der Waals surface area contributed by atoms with Gasteiger partial charge < -0.3 is 14.6 Å². The Morgan fingerprint density at radius 1 is 1.53 bits per heavy atom. The van der Waals surface area contributed by atoms with Gasteiger partial charge in [-0.25, -0.2) is 0 Å². The van der Waals surface area contributed by atoms with Gasteiger partial charge in [-0.2, -0.15) is 0 Å². The van der Waals surface area contributed by atoms with Crippen molar-refractivity contribution in [3.05, 3.63) is 0 Å². The molecule has 1 saturated heterocycles. The first-order valence-corrected chi connectivity index (χ1v) is 5.54. The van der Waals surface area contributed by atoms with Gasteiger partial charge in [-0.05, 0) is 32.1 Å². The molecule has 86 valence electrons. The molecular weight excluding hydrogens is 196 g/mol. The molecule has 1 N–H and O–H groups in total. The molecule has 0 aromatic heterocycles. The molecule has 2 aliphatic rings. The van der Waals surface area contributed by atoms with Crippen molar-refractivity contribution in [1.29, 1.82) is 0 Å². The Kier molecular flexibility index (Phi) is 2.98. The number of ether oxygens (including phenoxy) is 2. The van der Waals surface area contributed by atoms with E-state index in [9.17, 15) is 4.79 Å². The number of aliphatic carboxylic acids is 1. The molecule has 0 aromatic carbocycles. The van der Waals surface area contributed by atoms with Crippen LogP contribution < -0.4 is 0 Å². The number of rotatable bonds is 4. The number of hydrogen-bond donors (Lipinski definition) is 1. The van der Waals surface area contributed by atoms with Crippen LogP contribution in [0.5, 0.6) is 0 Å². The van der Waals surface area contributed by atoms with Gasteiger partial charge in [0.15, 0.2) is 0 Å². The molecule has 1 heterocycles. The average molecular weight is 214 g/mol. The van der Waals surface area contributed by atoms with Crippen molar-refractivity contribution in [1.82, 2.24) is 0 Å².